The molecule has 1 heterocycles. The van der Waals surface area contributed by atoms with Crippen LogP contribution in [-0.2, 0) is 21.4 Å². The molecule has 0 bridgehead atoms. The van der Waals surface area contributed by atoms with Crippen molar-refractivity contribution in [3.05, 3.63) is 65.7 Å². The molecule has 1 atom stereocenters. The first-order valence-electron chi connectivity index (χ1n) is 6.31. The van der Waals surface area contributed by atoms with E-state index in [1.165, 1.54) is 0 Å². The highest BCUT2D eigenvalue weighted by molar-refractivity contribution is 7.87. The van der Waals surface area contributed by atoms with Crippen molar-refractivity contribution in [3.8, 4) is 0 Å². The van der Waals surface area contributed by atoms with E-state index in [-0.39, 0.29) is 6.42 Å². The van der Waals surface area contributed by atoms with E-state index in [4.69, 9.17) is 0 Å². The van der Waals surface area contributed by atoms with Gasteiger partial charge >= 0.3 is 0 Å². The first-order chi connectivity index (χ1) is 9.47. The lowest BCUT2D eigenvalue weighted by atomic mass is 10.0. The number of nitrogens with zero attached hydrogens (tertiary/aromatic N) is 1. The fraction of sp³-hybridized carbons (Fsp3) is 0.200. The molecule has 0 radical (unpaired) electrons. The largest absolute Gasteiger partial charge is 0.350 e. The standard InChI is InChI=1S/C15H15NO3S/c1-16-14-10-6-5-7-12(14)11-15(16,20(17,18)19)13-8-3-2-4-9-13/h2-10H,11H2,1H3,(H,17,18,19). The van der Waals surface area contributed by atoms with Crippen LogP contribution in [0.15, 0.2) is 54.6 Å². The molecule has 5 heteroatoms. The number of hydrogen-bond donors (Lipinski definition) is 1. The molecule has 1 N–H and O–H groups in total. The molecule has 104 valence electrons. The van der Waals surface area contributed by atoms with Gasteiger partial charge in [0.1, 0.15) is 0 Å². The fourth-order valence-electron chi connectivity index (χ4n) is 2.97. The normalized spacial score (nSPS) is 21.8. The Bertz CT molecular complexity index is 743. The third-order valence-corrected chi connectivity index (χ3v) is 5.48. The lowest BCUT2D eigenvalue weighted by Crippen LogP contribution is -2.48. The number of likely N-dealkylation sites (N-methyl/N-ethyl adjacent to an activating group) is 1. The predicted molar refractivity (Wildman–Crippen MR) is 78.2 cm³/mol. The molecule has 0 spiro atoms. The van der Waals surface area contributed by atoms with Crippen LogP contribution in [0.25, 0.3) is 0 Å². The van der Waals surface area contributed by atoms with Gasteiger partial charge in [-0.3, -0.25) is 4.55 Å². The van der Waals surface area contributed by atoms with Gasteiger partial charge < -0.3 is 4.90 Å². The summed E-state index contributed by atoms with van der Waals surface area (Å²) in [6, 6.07) is 16.3. The van der Waals surface area contributed by atoms with Gasteiger partial charge in [0.25, 0.3) is 10.1 Å². The van der Waals surface area contributed by atoms with E-state index >= 15 is 0 Å². The number of rotatable bonds is 2. The molecule has 0 fully saturated rings. The topological polar surface area (TPSA) is 57.6 Å². The summed E-state index contributed by atoms with van der Waals surface area (Å²) in [6.45, 7) is 0. The molecule has 20 heavy (non-hydrogen) atoms. The van der Waals surface area contributed by atoms with Gasteiger partial charge in [-0.25, -0.2) is 0 Å². The molecule has 0 aromatic heterocycles. The maximum atomic E-state index is 12.1. The van der Waals surface area contributed by atoms with Gasteiger partial charge in [-0.2, -0.15) is 8.42 Å². The van der Waals surface area contributed by atoms with Crippen LogP contribution >= 0.6 is 0 Å². The molecule has 1 aliphatic rings. The minimum atomic E-state index is -4.31. The average Bonchev–Trinajstić information content (AvgIpc) is 2.74. The smallest absolute Gasteiger partial charge is 0.294 e. The van der Waals surface area contributed by atoms with Crippen molar-refractivity contribution in [1.29, 1.82) is 0 Å². The van der Waals surface area contributed by atoms with Gasteiger partial charge in [0.15, 0.2) is 4.87 Å². The summed E-state index contributed by atoms with van der Waals surface area (Å²) in [4.78, 5) is 0.199. The second-order valence-corrected chi connectivity index (χ2v) is 6.62. The van der Waals surface area contributed by atoms with Crippen LogP contribution in [0.4, 0.5) is 5.69 Å². The lowest BCUT2D eigenvalue weighted by Gasteiger charge is -2.35. The maximum absolute atomic E-state index is 12.1. The van der Waals surface area contributed by atoms with E-state index in [0.29, 0.717) is 5.56 Å². The van der Waals surface area contributed by atoms with E-state index in [1.54, 1.807) is 36.2 Å². The van der Waals surface area contributed by atoms with Crippen LogP contribution in [0.3, 0.4) is 0 Å². The van der Waals surface area contributed by atoms with Gasteiger partial charge in [0.2, 0.25) is 0 Å². The summed E-state index contributed by atoms with van der Waals surface area (Å²) < 4.78 is 34.2. The highest BCUT2D eigenvalue weighted by Gasteiger charge is 2.53. The Morgan fingerprint density at radius 3 is 2.25 bits per heavy atom. The van der Waals surface area contributed by atoms with Crippen LogP contribution in [0.2, 0.25) is 0 Å². The van der Waals surface area contributed by atoms with Crippen LogP contribution in [0.1, 0.15) is 11.1 Å². The SMILES string of the molecule is CN1c2ccccc2CC1(c1ccccc1)S(=O)(=O)O. The Hall–Kier alpha value is -1.85. The number of anilines is 1. The third kappa shape index (κ3) is 1.67. The number of fused-ring (bicyclic) bond motifs is 1. The van der Waals surface area contributed by atoms with Gasteiger partial charge in [-0.15, -0.1) is 0 Å². The van der Waals surface area contributed by atoms with Gasteiger partial charge in [-0.1, -0.05) is 48.5 Å². The first-order valence-corrected chi connectivity index (χ1v) is 7.75. The Kier molecular flexibility index (Phi) is 2.84. The van der Waals surface area contributed by atoms with Crippen molar-refractivity contribution >= 4 is 15.8 Å². The Labute approximate surface area is 118 Å². The molecule has 1 unspecified atom stereocenters. The molecule has 0 amide bonds. The van der Waals surface area contributed by atoms with Gasteiger partial charge in [0.05, 0.1) is 0 Å². The number of benzene rings is 2. The van der Waals surface area contributed by atoms with Gasteiger partial charge in [0, 0.05) is 19.2 Å². The summed E-state index contributed by atoms with van der Waals surface area (Å²) in [6.07, 6.45) is 0.239. The highest BCUT2D eigenvalue weighted by Crippen LogP contribution is 2.46. The molecule has 2 aromatic carbocycles. The van der Waals surface area contributed by atoms with Crippen LogP contribution in [-0.4, -0.2) is 20.0 Å². The second kappa shape index (κ2) is 4.33. The number of para-hydroxylation sites is 1. The van der Waals surface area contributed by atoms with Crippen molar-refractivity contribution in [1.82, 2.24) is 0 Å². The molecule has 0 saturated heterocycles. The molecule has 4 nitrogen and oxygen atoms in total. The molecule has 1 aliphatic heterocycles. The monoisotopic (exact) mass is 289 g/mol. The zero-order valence-electron chi connectivity index (χ0n) is 11.0. The highest BCUT2D eigenvalue weighted by atomic mass is 32.2. The van der Waals surface area contributed by atoms with Crippen molar-refractivity contribution < 1.29 is 13.0 Å². The lowest BCUT2D eigenvalue weighted by molar-refractivity contribution is 0.427. The quantitative estimate of drug-likeness (QED) is 0.863. The van der Waals surface area contributed by atoms with Crippen molar-refractivity contribution in [3.63, 3.8) is 0 Å². The van der Waals surface area contributed by atoms with Gasteiger partial charge in [-0.05, 0) is 17.2 Å². The molecule has 3 rings (SSSR count). The maximum Gasteiger partial charge on any atom is 0.294 e. The second-order valence-electron chi connectivity index (χ2n) is 4.99. The summed E-state index contributed by atoms with van der Waals surface area (Å²) in [5.74, 6) is 0. The third-order valence-electron chi connectivity index (χ3n) is 3.98. The van der Waals surface area contributed by atoms with E-state index in [1.807, 2.05) is 30.3 Å². The molecular weight excluding hydrogens is 274 g/mol. The summed E-state index contributed by atoms with van der Waals surface area (Å²) in [5.41, 5.74) is 2.31. The van der Waals surface area contributed by atoms with Crippen LogP contribution in [0, 0.1) is 0 Å². The zero-order valence-corrected chi connectivity index (χ0v) is 11.8. The average molecular weight is 289 g/mol. The van der Waals surface area contributed by atoms with Crippen molar-refractivity contribution in [2.24, 2.45) is 0 Å². The van der Waals surface area contributed by atoms with E-state index in [9.17, 15) is 13.0 Å². The molecule has 2 aromatic rings. The first kappa shape index (κ1) is 13.1. The molecule has 0 saturated carbocycles. The predicted octanol–water partition coefficient (Wildman–Crippen LogP) is 2.42. The zero-order chi connectivity index (χ0) is 14.4. The molecule has 0 aliphatic carbocycles. The summed E-state index contributed by atoms with van der Waals surface area (Å²) in [5, 5.41) is 0. The van der Waals surface area contributed by atoms with E-state index in [0.717, 1.165) is 11.3 Å². The fourth-order valence-corrected chi connectivity index (χ4v) is 4.18. The Morgan fingerprint density at radius 1 is 1.05 bits per heavy atom. The summed E-state index contributed by atoms with van der Waals surface area (Å²) >= 11 is 0. The summed E-state index contributed by atoms with van der Waals surface area (Å²) in [7, 11) is -2.61. The van der Waals surface area contributed by atoms with Crippen LogP contribution < -0.4 is 4.90 Å². The minimum absolute atomic E-state index is 0.239. The Morgan fingerprint density at radius 2 is 1.65 bits per heavy atom. The van der Waals surface area contributed by atoms with E-state index < -0.39 is 15.0 Å². The number of hydrogen-bond acceptors (Lipinski definition) is 3. The molecular formula is C15H15NO3S. The van der Waals surface area contributed by atoms with Crippen molar-refractivity contribution in [2.75, 3.05) is 11.9 Å². The van der Waals surface area contributed by atoms with E-state index in [2.05, 4.69) is 0 Å². The van der Waals surface area contributed by atoms with Crippen LogP contribution in [0.5, 0.6) is 0 Å². The minimum Gasteiger partial charge on any atom is -0.350 e. The Balaban J connectivity index is 2.27. The van der Waals surface area contributed by atoms with Crippen molar-refractivity contribution in [2.45, 2.75) is 11.3 Å².